The highest BCUT2D eigenvalue weighted by Crippen LogP contribution is 2.40. The van der Waals surface area contributed by atoms with Gasteiger partial charge in [-0.05, 0) is 24.6 Å². The summed E-state index contributed by atoms with van der Waals surface area (Å²) in [6.45, 7) is 1.80. The molecule has 1 aromatic heterocycles. The molecule has 0 unspecified atom stereocenters. The molecule has 23 heavy (non-hydrogen) atoms. The van der Waals surface area contributed by atoms with Crippen molar-refractivity contribution in [3.8, 4) is 11.8 Å². The second kappa shape index (κ2) is 5.49. The van der Waals surface area contributed by atoms with Crippen LogP contribution in [0.15, 0.2) is 46.6 Å². The maximum atomic E-state index is 12.7. The summed E-state index contributed by atoms with van der Waals surface area (Å²) in [6, 6.07) is 10.9. The van der Waals surface area contributed by atoms with E-state index in [1.165, 1.54) is 4.57 Å². The molecular formula is C17H14ClN3O2. The van der Waals surface area contributed by atoms with Gasteiger partial charge in [0.05, 0.1) is 11.5 Å². The molecule has 0 bridgehead atoms. The van der Waals surface area contributed by atoms with Crippen molar-refractivity contribution in [1.29, 1.82) is 5.26 Å². The molecule has 2 N–H and O–H groups in total. The van der Waals surface area contributed by atoms with Gasteiger partial charge in [0.2, 0.25) is 5.88 Å². The molecule has 0 amide bonds. The van der Waals surface area contributed by atoms with Crippen molar-refractivity contribution < 1.29 is 4.74 Å². The molecule has 6 heteroatoms. The number of nitrogens with zero attached hydrogens (tertiary/aromatic N) is 2. The molecule has 0 saturated heterocycles. The summed E-state index contributed by atoms with van der Waals surface area (Å²) >= 11 is 6.07. The summed E-state index contributed by atoms with van der Waals surface area (Å²) in [5.41, 5.74) is 7.75. The monoisotopic (exact) mass is 327 g/mol. The second-order valence-corrected chi connectivity index (χ2v) is 5.84. The number of hydrogen-bond donors (Lipinski definition) is 1. The molecule has 1 aliphatic rings. The highest BCUT2D eigenvalue weighted by atomic mass is 35.5. The Morgan fingerprint density at radius 2 is 2.13 bits per heavy atom. The number of aryl methyl sites for hydroxylation is 1. The first-order chi connectivity index (χ1) is 10.9. The Morgan fingerprint density at radius 1 is 1.39 bits per heavy atom. The SMILES string of the molecule is Cc1cc2c(c(=O)n1C)[C@H](c1cccc(Cl)c1)C(C#N)=C(N)O2. The predicted molar refractivity (Wildman–Crippen MR) is 87.2 cm³/mol. The molecule has 1 aromatic carbocycles. The molecule has 2 heterocycles. The first kappa shape index (κ1) is 15.2. The Hall–Kier alpha value is -2.71. The van der Waals surface area contributed by atoms with E-state index in [2.05, 4.69) is 6.07 Å². The standard InChI is InChI=1S/C17H14ClN3O2/c1-9-6-13-15(17(22)21(9)2)14(12(8-19)16(20)23-13)10-4-3-5-11(18)7-10/h3-7,14H,20H2,1-2H3/t14-/m1/s1. The van der Waals surface area contributed by atoms with Gasteiger partial charge in [0.15, 0.2) is 0 Å². The van der Waals surface area contributed by atoms with Crippen molar-refractivity contribution in [3.63, 3.8) is 0 Å². The van der Waals surface area contributed by atoms with E-state index >= 15 is 0 Å². The van der Waals surface area contributed by atoms with Gasteiger partial charge in [-0.25, -0.2) is 0 Å². The van der Waals surface area contributed by atoms with E-state index in [1.807, 2.05) is 6.07 Å². The lowest BCUT2D eigenvalue weighted by Crippen LogP contribution is -2.31. The Labute approximate surface area is 138 Å². The van der Waals surface area contributed by atoms with Crippen molar-refractivity contribution in [2.24, 2.45) is 12.8 Å². The van der Waals surface area contributed by atoms with E-state index < -0.39 is 5.92 Å². The lowest BCUT2D eigenvalue weighted by molar-refractivity contribution is 0.389. The minimum Gasteiger partial charge on any atom is -0.440 e. The van der Waals surface area contributed by atoms with Crippen LogP contribution in [0.1, 0.15) is 22.7 Å². The molecule has 0 radical (unpaired) electrons. The van der Waals surface area contributed by atoms with Gasteiger partial charge in [0.25, 0.3) is 5.56 Å². The number of halogens is 1. The lowest BCUT2D eigenvalue weighted by atomic mass is 9.84. The van der Waals surface area contributed by atoms with Crippen LogP contribution in [-0.4, -0.2) is 4.57 Å². The number of fused-ring (bicyclic) bond motifs is 1. The summed E-state index contributed by atoms with van der Waals surface area (Å²) in [5.74, 6) is -0.202. The Morgan fingerprint density at radius 3 is 2.78 bits per heavy atom. The molecule has 2 aromatic rings. The number of aromatic nitrogens is 1. The van der Waals surface area contributed by atoms with Crippen LogP contribution in [0.3, 0.4) is 0 Å². The summed E-state index contributed by atoms with van der Waals surface area (Å²) in [5, 5.41) is 10.0. The van der Waals surface area contributed by atoms with Gasteiger partial charge in [-0.15, -0.1) is 0 Å². The van der Waals surface area contributed by atoms with Gasteiger partial charge in [-0.3, -0.25) is 4.79 Å². The minimum atomic E-state index is -0.596. The molecule has 1 aliphatic heterocycles. The zero-order valence-corrected chi connectivity index (χ0v) is 13.4. The fourth-order valence-electron chi connectivity index (χ4n) is 2.76. The molecule has 0 saturated carbocycles. The molecular weight excluding hydrogens is 314 g/mol. The van der Waals surface area contributed by atoms with Gasteiger partial charge >= 0.3 is 0 Å². The number of ether oxygens (including phenoxy) is 1. The second-order valence-electron chi connectivity index (χ2n) is 5.41. The number of nitriles is 1. The zero-order valence-electron chi connectivity index (χ0n) is 12.6. The smallest absolute Gasteiger partial charge is 0.258 e. The van der Waals surface area contributed by atoms with Crippen LogP contribution in [0.25, 0.3) is 0 Å². The van der Waals surface area contributed by atoms with Crippen LogP contribution in [0, 0.1) is 18.3 Å². The van der Waals surface area contributed by atoms with E-state index in [4.69, 9.17) is 22.1 Å². The van der Waals surface area contributed by atoms with Crippen molar-refractivity contribution in [1.82, 2.24) is 4.57 Å². The van der Waals surface area contributed by atoms with Gasteiger partial charge in [-0.1, -0.05) is 23.7 Å². The van der Waals surface area contributed by atoms with Gasteiger partial charge < -0.3 is 15.0 Å². The number of benzene rings is 1. The number of rotatable bonds is 1. The van der Waals surface area contributed by atoms with Crippen LogP contribution in [0.5, 0.6) is 5.75 Å². The first-order valence-corrected chi connectivity index (χ1v) is 7.35. The van der Waals surface area contributed by atoms with Crippen molar-refractivity contribution in [2.75, 3.05) is 0 Å². The topological polar surface area (TPSA) is 81.0 Å². The summed E-state index contributed by atoms with van der Waals surface area (Å²) < 4.78 is 7.05. The highest BCUT2D eigenvalue weighted by Gasteiger charge is 2.34. The summed E-state index contributed by atoms with van der Waals surface area (Å²) in [6.07, 6.45) is 0. The van der Waals surface area contributed by atoms with Crippen molar-refractivity contribution in [2.45, 2.75) is 12.8 Å². The van der Waals surface area contributed by atoms with Crippen LogP contribution < -0.4 is 16.0 Å². The predicted octanol–water partition coefficient (Wildman–Crippen LogP) is 2.57. The zero-order chi connectivity index (χ0) is 16.7. The number of allylic oxidation sites excluding steroid dienone is 1. The Kier molecular flexibility index (Phi) is 3.63. The van der Waals surface area contributed by atoms with Crippen molar-refractivity contribution in [3.05, 3.63) is 74.0 Å². The summed E-state index contributed by atoms with van der Waals surface area (Å²) in [4.78, 5) is 12.7. The quantitative estimate of drug-likeness (QED) is 0.872. The van der Waals surface area contributed by atoms with E-state index in [9.17, 15) is 10.1 Å². The van der Waals surface area contributed by atoms with Gasteiger partial charge in [-0.2, -0.15) is 5.26 Å². The molecule has 0 spiro atoms. The number of hydrogen-bond acceptors (Lipinski definition) is 4. The average Bonchev–Trinajstić information content (AvgIpc) is 2.51. The van der Waals surface area contributed by atoms with Gasteiger partial charge in [0.1, 0.15) is 17.4 Å². The third-order valence-corrected chi connectivity index (χ3v) is 4.27. The third-order valence-electron chi connectivity index (χ3n) is 4.03. The van der Waals surface area contributed by atoms with Crippen LogP contribution in [-0.2, 0) is 7.05 Å². The fraction of sp³-hybridized carbons (Fsp3) is 0.176. The number of pyridine rings is 1. The normalized spacial score (nSPS) is 16.5. The number of nitrogens with two attached hydrogens (primary N) is 1. The Balaban J connectivity index is 2.36. The van der Waals surface area contributed by atoms with E-state index in [0.717, 1.165) is 11.3 Å². The third kappa shape index (κ3) is 2.37. The van der Waals surface area contributed by atoms with E-state index in [-0.39, 0.29) is 17.0 Å². The minimum absolute atomic E-state index is 0.0117. The van der Waals surface area contributed by atoms with E-state index in [1.54, 1.807) is 38.2 Å². The molecule has 3 rings (SSSR count). The van der Waals surface area contributed by atoms with Crippen molar-refractivity contribution >= 4 is 11.6 Å². The molecule has 1 atom stereocenters. The first-order valence-electron chi connectivity index (χ1n) is 6.97. The maximum Gasteiger partial charge on any atom is 0.258 e. The fourth-order valence-corrected chi connectivity index (χ4v) is 2.96. The van der Waals surface area contributed by atoms with Crippen LogP contribution in [0.2, 0.25) is 5.02 Å². The molecule has 5 nitrogen and oxygen atoms in total. The molecule has 0 aliphatic carbocycles. The van der Waals surface area contributed by atoms with Crippen LogP contribution >= 0.6 is 11.6 Å². The average molecular weight is 328 g/mol. The molecule has 116 valence electrons. The van der Waals surface area contributed by atoms with Crippen LogP contribution in [0.4, 0.5) is 0 Å². The lowest BCUT2D eigenvalue weighted by Gasteiger charge is -2.26. The summed E-state index contributed by atoms with van der Waals surface area (Å²) in [7, 11) is 1.68. The Bertz CT molecular complexity index is 938. The largest absolute Gasteiger partial charge is 0.440 e. The van der Waals surface area contributed by atoms with Gasteiger partial charge in [0, 0.05) is 23.8 Å². The van der Waals surface area contributed by atoms with E-state index in [0.29, 0.717) is 16.3 Å². The molecule has 0 fully saturated rings. The maximum absolute atomic E-state index is 12.7. The highest BCUT2D eigenvalue weighted by molar-refractivity contribution is 6.30.